The van der Waals surface area contributed by atoms with Crippen molar-refractivity contribution in [3.8, 4) is 0 Å². The van der Waals surface area contributed by atoms with Gasteiger partial charge in [0.2, 0.25) is 11.8 Å². The summed E-state index contributed by atoms with van der Waals surface area (Å²) in [6.07, 6.45) is 8.35. The Kier molecular flexibility index (Phi) is 8.20. The summed E-state index contributed by atoms with van der Waals surface area (Å²) in [5.74, 6) is 0.240. The summed E-state index contributed by atoms with van der Waals surface area (Å²) in [4.78, 5) is 29.7. The number of likely N-dealkylation sites (tertiary alicyclic amines) is 1. The Morgan fingerprint density at radius 1 is 0.969 bits per heavy atom. The number of nitrogens with zero attached hydrogens (tertiary/aromatic N) is 2. The molecule has 0 aromatic heterocycles. The van der Waals surface area contributed by atoms with Crippen LogP contribution in [-0.4, -0.2) is 67.6 Å². The Morgan fingerprint density at radius 2 is 1.72 bits per heavy atom. The summed E-state index contributed by atoms with van der Waals surface area (Å²) in [6.45, 7) is 7.20. The third-order valence-corrected chi connectivity index (χ3v) is 7.50. The molecule has 2 saturated heterocycles. The van der Waals surface area contributed by atoms with Gasteiger partial charge in [0.05, 0.1) is 0 Å². The Labute approximate surface area is 192 Å². The molecule has 6 heteroatoms. The van der Waals surface area contributed by atoms with E-state index in [0.717, 1.165) is 52.1 Å². The molecule has 1 aromatic carbocycles. The van der Waals surface area contributed by atoms with Crippen LogP contribution in [0.2, 0.25) is 0 Å². The fraction of sp³-hybridized carbons (Fsp3) is 0.692. The average Bonchev–Trinajstić information content (AvgIpc) is 2.84. The zero-order valence-electron chi connectivity index (χ0n) is 19.4. The number of rotatable bonds is 8. The van der Waals surface area contributed by atoms with Crippen LogP contribution in [0.3, 0.4) is 0 Å². The first kappa shape index (κ1) is 23.2. The van der Waals surface area contributed by atoms with E-state index >= 15 is 0 Å². The fourth-order valence-corrected chi connectivity index (χ4v) is 5.43. The number of piperidine rings is 1. The van der Waals surface area contributed by atoms with E-state index in [4.69, 9.17) is 4.74 Å². The normalized spacial score (nSPS) is 21.1. The molecule has 176 valence electrons. The van der Waals surface area contributed by atoms with Crippen LogP contribution in [0.4, 0.5) is 0 Å². The number of carbonyl (C=O) groups is 2. The highest BCUT2D eigenvalue weighted by molar-refractivity contribution is 5.79. The van der Waals surface area contributed by atoms with Gasteiger partial charge >= 0.3 is 0 Å². The van der Waals surface area contributed by atoms with Crippen LogP contribution in [0, 0.1) is 5.41 Å². The van der Waals surface area contributed by atoms with Crippen LogP contribution >= 0.6 is 0 Å². The van der Waals surface area contributed by atoms with Crippen molar-refractivity contribution >= 4 is 11.8 Å². The molecule has 1 aromatic rings. The predicted octanol–water partition coefficient (Wildman–Crippen LogP) is 3.14. The Morgan fingerprint density at radius 3 is 2.50 bits per heavy atom. The van der Waals surface area contributed by atoms with Crippen molar-refractivity contribution in [2.45, 2.75) is 64.3 Å². The van der Waals surface area contributed by atoms with Crippen molar-refractivity contribution in [2.24, 2.45) is 5.41 Å². The van der Waals surface area contributed by atoms with E-state index in [-0.39, 0.29) is 17.2 Å². The van der Waals surface area contributed by atoms with Crippen molar-refractivity contribution < 1.29 is 14.3 Å². The molecule has 0 radical (unpaired) electrons. The van der Waals surface area contributed by atoms with E-state index in [2.05, 4.69) is 28.4 Å². The molecule has 0 bridgehead atoms. The van der Waals surface area contributed by atoms with E-state index in [1.54, 1.807) is 0 Å². The van der Waals surface area contributed by atoms with Crippen molar-refractivity contribution in [1.82, 2.24) is 15.1 Å². The first-order valence-corrected chi connectivity index (χ1v) is 12.5. The number of ether oxygens (including phenoxy) is 1. The maximum absolute atomic E-state index is 12.6. The molecule has 4 rings (SSSR count). The molecule has 3 aliphatic rings. The molecule has 0 aliphatic carbocycles. The second kappa shape index (κ2) is 11.3. The van der Waals surface area contributed by atoms with Gasteiger partial charge in [-0.2, -0.15) is 0 Å². The van der Waals surface area contributed by atoms with Gasteiger partial charge in [-0.3, -0.25) is 9.59 Å². The maximum Gasteiger partial charge on any atom is 0.222 e. The summed E-state index contributed by atoms with van der Waals surface area (Å²) in [6, 6.07) is 8.36. The highest BCUT2D eigenvalue weighted by Crippen LogP contribution is 2.32. The van der Waals surface area contributed by atoms with Gasteiger partial charge in [0.1, 0.15) is 0 Å². The number of benzene rings is 1. The minimum atomic E-state index is 0.0753. The topological polar surface area (TPSA) is 61.9 Å². The van der Waals surface area contributed by atoms with Crippen molar-refractivity contribution in [2.75, 3.05) is 45.9 Å². The standard InChI is InChI=1S/C26H39N3O3/c30-24(9-6-10-25(31)29-16-11-22-7-2-3-8-23(22)19-29)27-20-26(12-17-32-18-13-26)21-28-14-4-1-5-15-28/h2-3,7-8H,1,4-6,9-21H2,(H,27,30). The van der Waals surface area contributed by atoms with Gasteiger partial charge in [-0.25, -0.2) is 0 Å². The number of amides is 2. The number of hydrogen-bond donors (Lipinski definition) is 1. The molecule has 0 unspecified atom stereocenters. The summed E-state index contributed by atoms with van der Waals surface area (Å²) >= 11 is 0. The number of fused-ring (bicyclic) bond motifs is 1. The molecule has 6 nitrogen and oxygen atoms in total. The smallest absolute Gasteiger partial charge is 0.222 e. The third kappa shape index (κ3) is 6.32. The minimum absolute atomic E-state index is 0.0753. The first-order valence-electron chi connectivity index (χ1n) is 12.5. The first-order chi connectivity index (χ1) is 15.6. The fourth-order valence-electron chi connectivity index (χ4n) is 5.43. The molecule has 0 spiro atoms. The van der Waals surface area contributed by atoms with Gasteiger partial charge in [0, 0.05) is 57.6 Å². The number of hydrogen-bond acceptors (Lipinski definition) is 4. The summed E-state index contributed by atoms with van der Waals surface area (Å²) in [5, 5.41) is 3.20. The molecular weight excluding hydrogens is 402 g/mol. The zero-order chi connectivity index (χ0) is 22.2. The molecule has 1 N–H and O–H groups in total. The molecule has 3 aliphatic heterocycles. The van der Waals surface area contributed by atoms with Crippen LogP contribution in [-0.2, 0) is 27.3 Å². The lowest BCUT2D eigenvalue weighted by molar-refractivity contribution is -0.132. The van der Waals surface area contributed by atoms with Gasteiger partial charge in [0.15, 0.2) is 0 Å². The molecule has 2 fully saturated rings. The Bertz CT molecular complexity index is 769. The maximum atomic E-state index is 12.6. The van der Waals surface area contributed by atoms with Gasteiger partial charge in [0.25, 0.3) is 0 Å². The van der Waals surface area contributed by atoms with Crippen LogP contribution in [0.15, 0.2) is 24.3 Å². The quantitative estimate of drug-likeness (QED) is 0.673. The molecular formula is C26H39N3O3. The van der Waals surface area contributed by atoms with Crippen LogP contribution in [0.1, 0.15) is 62.5 Å². The summed E-state index contributed by atoms with van der Waals surface area (Å²) in [7, 11) is 0. The Balaban J connectivity index is 1.19. The van der Waals surface area contributed by atoms with Gasteiger partial charge in [-0.15, -0.1) is 0 Å². The van der Waals surface area contributed by atoms with E-state index < -0.39 is 0 Å². The molecule has 0 atom stereocenters. The average molecular weight is 442 g/mol. The molecule has 32 heavy (non-hydrogen) atoms. The van der Waals surface area contributed by atoms with Crippen LogP contribution < -0.4 is 5.32 Å². The van der Waals surface area contributed by atoms with E-state index in [0.29, 0.717) is 25.8 Å². The van der Waals surface area contributed by atoms with Crippen molar-refractivity contribution in [1.29, 1.82) is 0 Å². The molecule has 2 amide bonds. The summed E-state index contributed by atoms with van der Waals surface area (Å²) < 4.78 is 5.62. The third-order valence-electron chi connectivity index (χ3n) is 7.50. The second-order valence-corrected chi connectivity index (χ2v) is 9.91. The lowest BCUT2D eigenvalue weighted by atomic mass is 9.79. The second-order valence-electron chi connectivity index (χ2n) is 9.91. The summed E-state index contributed by atoms with van der Waals surface area (Å²) in [5.41, 5.74) is 2.73. The lowest BCUT2D eigenvalue weighted by Crippen LogP contribution is -2.49. The van der Waals surface area contributed by atoms with Gasteiger partial charge < -0.3 is 19.9 Å². The van der Waals surface area contributed by atoms with Crippen LogP contribution in [0.25, 0.3) is 0 Å². The molecule has 3 heterocycles. The lowest BCUT2D eigenvalue weighted by Gasteiger charge is -2.42. The van der Waals surface area contributed by atoms with E-state index in [9.17, 15) is 9.59 Å². The van der Waals surface area contributed by atoms with Gasteiger partial charge in [-0.05, 0) is 62.7 Å². The van der Waals surface area contributed by atoms with E-state index in [1.165, 1.54) is 43.5 Å². The highest BCUT2D eigenvalue weighted by Gasteiger charge is 2.35. The minimum Gasteiger partial charge on any atom is -0.381 e. The largest absolute Gasteiger partial charge is 0.381 e. The molecule has 0 saturated carbocycles. The monoisotopic (exact) mass is 441 g/mol. The highest BCUT2D eigenvalue weighted by atomic mass is 16.5. The van der Waals surface area contributed by atoms with Crippen molar-refractivity contribution in [3.63, 3.8) is 0 Å². The predicted molar refractivity (Wildman–Crippen MR) is 125 cm³/mol. The van der Waals surface area contributed by atoms with Crippen LogP contribution in [0.5, 0.6) is 0 Å². The number of nitrogens with one attached hydrogen (secondary N) is 1. The SMILES string of the molecule is O=C(CCCC(=O)N1CCc2ccccc2C1)NCC1(CN2CCCCC2)CCOCC1. The zero-order valence-corrected chi connectivity index (χ0v) is 19.4. The van der Waals surface area contributed by atoms with Gasteiger partial charge in [-0.1, -0.05) is 30.7 Å². The van der Waals surface area contributed by atoms with E-state index in [1.807, 2.05) is 11.0 Å². The van der Waals surface area contributed by atoms with Crippen molar-refractivity contribution in [3.05, 3.63) is 35.4 Å². The Hall–Kier alpha value is -1.92. The number of carbonyl (C=O) groups excluding carboxylic acids is 2.